The maximum absolute atomic E-state index is 13.5. The molecule has 1 aromatic carbocycles. The molecule has 0 aliphatic heterocycles. The molecule has 1 N–H and O–H groups in total. The fourth-order valence-electron chi connectivity index (χ4n) is 1.80. The van der Waals surface area contributed by atoms with Crippen LogP contribution in [0.5, 0.6) is 5.75 Å². The second-order valence-corrected chi connectivity index (χ2v) is 4.22. The van der Waals surface area contributed by atoms with Crippen LogP contribution in [0.2, 0.25) is 0 Å². The van der Waals surface area contributed by atoms with Crippen molar-refractivity contribution in [3.8, 4) is 17.2 Å². The molecule has 0 radical (unpaired) electrons. The number of nitrogens with zero attached hydrogens (tertiary/aromatic N) is 3. The lowest BCUT2D eigenvalue weighted by atomic mass is 10.1. The molecule has 5 nitrogen and oxygen atoms in total. The van der Waals surface area contributed by atoms with Crippen molar-refractivity contribution in [3.05, 3.63) is 59.9 Å². The third kappa shape index (κ3) is 2.49. The van der Waals surface area contributed by atoms with Gasteiger partial charge in [-0.25, -0.2) is 4.39 Å². The van der Waals surface area contributed by atoms with Crippen molar-refractivity contribution in [3.63, 3.8) is 0 Å². The Kier molecular flexibility index (Phi) is 3.12. The van der Waals surface area contributed by atoms with E-state index in [0.29, 0.717) is 17.0 Å². The number of halogens is 1. The molecule has 2 heterocycles. The van der Waals surface area contributed by atoms with Crippen molar-refractivity contribution in [2.75, 3.05) is 0 Å². The van der Waals surface area contributed by atoms with E-state index in [0.717, 1.165) is 0 Å². The molecule has 0 aliphatic rings. The lowest BCUT2D eigenvalue weighted by molar-refractivity contribution is 0.422. The van der Waals surface area contributed by atoms with Gasteiger partial charge in [0.1, 0.15) is 11.6 Å². The van der Waals surface area contributed by atoms with Crippen LogP contribution in [-0.4, -0.2) is 20.2 Å². The summed E-state index contributed by atoms with van der Waals surface area (Å²) >= 11 is 0. The van der Waals surface area contributed by atoms with Crippen LogP contribution in [0.15, 0.2) is 47.2 Å². The third-order valence-corrected chi connectivity index (χ3v) is 2.75. The van der Waals surface area contributed by atoms with Crippen molar-refractivity contribution in [2.45, 2.75) is 6.42 Å². The Morgan fingerprint density at radius 3 is 2.85 bits per heavy atom. The van der Waals surface area contributed by atoms with E-state index in [2.05, 4.69) is 15.1 Å². The van der Waals surface area contributed by atoms with E-state index in [-0.39, 0.29) is 23.9 Å². The minimum Gasteiger partial charge on any atom is -0.506 e. The van der Waals surface area contributed by atoms with Gasteiger partial charge in [0.25, 0.3) is 5.89 Å². The molecular weight excluding hydrogens is 261 g/mol. The summed E-state index contributed by atoms with van der Waals surface area (Å²) in [6.07, 6.45) is 3.04. The van der Waals surface area contributed by atoms with Crippen LogP contribution in [0.1, 0.15) is 11.4 Å². The lowest BCUT2D eigenvalue weighted by Crippen LogP contribution is -1.94. The first-order valence-electron chi connectivity index (χ1n) is 5.93. The fourth-order valence-corrected chi connectivity index (χ4v) is 1.80. The molecule has 0 bridgehead atoms. The Labute approximate surface area is 113 Å². The highest BCUT2D eigenvalue weighted by atomic mass is 19.1. The molecule has 0 atom stereocenters. The summed E-state index contributed by atoms with van der Waals surface area (Å²) in [5.74, 6) is 0.308. The van der Waals surface area contributed by atoms with E-state index in [1.54, 1.807) is 18.2 Å². The summed E-state index contributed by atoms with van der Waals surface area (Å²) in [5, 5.41) is 13.1. The Balaban J connectivity index is 1.86. The van der Waals surface area contributed by atoms with Crippen LogP contribution >= 0.6 is 0 Å². The second kappa shape index (κ2) is 5.08. The van der Waals surface area contributed by atoms with E-state index in [1.165, 1.54) is 24.5 Å². The largest absolute Gasteiger partial charge is 0.506 e. The fraction of sp³-hybridized carbons (Fsp3) is 0.0714. The topological polar surface area (TPSA) is 72.0 Å². The molecule has 0 spiro atoms. The van der Waals surface area contributed by atoms with E-state index < -0.39 is 0 Å². The van der Waals surface area contributed by atoms with Crippen LogP contribution in [0.4, 0.5) is 4.39 Å². The molecule has 6 heteroatoms. The summed E-state index contributed by atoms with van der Waals surface area (Å²) in [6, 6.07) is 7.89. The smallest absolute Gasteiger partial charge is 0.259 e. The molecule has 3 rings (SSSR count). The zero-order valence-electron chi connectivity index (χ0n) is 10.3. The number of aromatic hydroxyl groups is 1. The molecule has 0 amide bonds. The first-order valence-corrected chi connectivity index (χ1v) is 5.93. The van der Waals surface area contributed by atoms with Gasteiger partial charge in [0.05, 0.1) is 11.8 Å². The predicted molar refractivity (Wildman–Crippen MR) is 68.4 cm³/mol. The van der Waals surface area contributed by atoms with Crippen LogP contribution in [-0.2, 0) is 6.42 Å². The number of hydrogen-bond donors (Lipinski definition) is 1. The highest BCUT2D eigenvalue weighted by Gasteiger charge is 2.11. The molecule has 2 aromatic heterocycles. The molecule has 100 valence electrons. The molecule has 0 aliphatic carbocycles. The Morgan fingerprint density at radius 1 is 1.20 bits per heavy atom. The van der Waals surface area contributed by atoms with Crippen molar-refractivity contribution in [1.82, 2.24) is 15.1 Å². The maximum Gasteiger partial charge on any atom is 0.259 e. The SMILES string of the molecule is Oc1cncc(-c2nc(Cc3ccccc3F)no2)c1. The van der Waals surface area contributed by atoms with Gasteiger partial charge in [-0.15, -0.1) is 0 Å². The summed E-state index contributed by atoms with van der Waals surface area (Å²) in [4.78, 5) is 7.99. The van der Waals surface area contributed by atoms with Crippen molar-refractivity contribution >= 4 is 0 Å². The van der Waals surface area contributed by atoms with Gasteiger partial charge in [-0.2, -0.15) is 4.98 Å². The van der Waals surface area contributed by atoms with Crippen molar-refractivity contribution in [2.24, 2.45) is 0 Å². The highest BCUT2D eigenvalue weighted by molar-refractivity contribution is 5.53. The normalized spacial score (nSPS) is 10.7. The Hall–Kier alpha value is -2.76. The molecule has 0 saturated heterocycles. The van der Waals surface area contributed by atoms with Crippen LogP contribution in [0.3, 0.4) is 0 Å². The van der Waals surface area contributed by atoms with Crippen LogP contribution < -0.4 is 0 Å². The summed E-state index contributed by atoms with van der Waals surface area (Å²) in [7, 11) is 0. The average molecular weight is 271 g/mol. The average Bonchev–Trinajstić information content (AvgIpc) is 2.90. The van der Waals surface area contributed by atoms with Gasteiger partial charge in [-0.1, -0.05) is 23.4 Å². The van der Waals surface area contributed by atoms with Gasteiger partial charge in [0.2, 0.25) is 0 Å². The molecule has 0 fully saturated rings. The van der Waals surface area contributed by atoms with E-state index >= 15 is 0 Å². The summed E-state index contributed by atoms with van der Waals surface area (Å²) in [5.41, 5.74) is 1.01. The zero-order chi connectivity index (χ0) is 13.9. The van der Waals surface area contributed by atoms with Gasteiger partial charge >= 0.3 is 0 Å². The first kappa shape index (κ1) is 12.3. The number of hydrogen-bond acceptors (Lipinski definition) is 5. The number of pyridine rings is 1. The van der Waals surface area contributed by atoms with Crippen LogP contribution in [0, 0.1) is 5.82 Å². The molecule has 0 unspecified atom stereocenters. The Bertz CT molecular complexity index is 743. The second-order valence-electron chi connectivity index (χ2n) is 4.22. The lowest BCUT2D eigenvalue weighted by Gasteiger charge is -1.97. The quantitative estimate of drug-likeness (QED) is 0.792. The molecule has 20 heavy (non-hydrogen) atoms. The monoisotopic (exact) mass is 271 g/mol. The van der Waals surface area contributed by atoms with Gasteiger partial charge in [0, 0.05) is 12.6 Å². The first-order chi connectivity index (χ1) is 9.72. The van der Waals surface area contributed by atoms with E-state index in [4.69, 9.17) is 4.52 Å². The zero-order valence-corrected chi connectivity index (χ0v) is 10.3. The predicted octanol–water partition coefficient (Wildman–Crippen LogP) is 2.57. The molecule has 0 saturated carbocycles. The van der Waals surface area contributed by atoms with Crippen LogP contribution in [0.25, 0.3) is 11.5 Å². The summed E-state index contributed by atoms with van der Waals surface area (Å²) in [6.45, 7) is 0. The van der Waals surface area contributed by atoms with Gasteiger partial charge in [-0.3, -0.25) is 4.98 Å². The van der Waals surface area contributed by atoms with Gasteiger partial charge < -0.3 is 9.63 Å². The number of aromatic nitrogens is 3. The maximum atomic E-state index is 13.5. The minimum absolute atomic E-state index is 0.0105. The molecular formula is C14H10FN3O2. The van der Waals surface area contributed by atoms with Crippen molar-refractivity contribution in [1.29, 1.82) is 0 Å². The van der Waals surface area contributed by atoms with E-state index in [9.17, 15) is 9.50 Å². The number of rotatable bonds is 3. The van der Waals surface area contributed by atoms with Gasteiger partial charge in [0.15, 0.2) is 5.82 Å². The standard InChI is InChI=1S/C14H10FN3O2/c15-12-4-2-1-3-9(12)6-13-17-14(20-18-13)10-5-11(19)8-16-7-10/h1-5,7-8,19H,6H2. The van der Waals surface area contributed by atoms with Gasteiger partial charge in [-0.05, 0) is 17.7 Å². The summed E-state index contributed by atoms with van der Waals surface area (Å²) < 4.78 is 18.6. The Morgan fingerprint density at radius 2 is 2.05 bits per heavy atom. The minimum atomic E-state index is -0.308. The van der Waals surface area contributed by atoms with Crippen molar-refractivity contribution < 1.29 is 14.0 Å². The third-order valence-electron chi connectivity index (χ3n) is 2.75. The number of benzene rings is 1. The highest BCUT2D eigenvalue weighted by Crippen LogP contribution is 2.21. The molecule has 3 aromatic rings. The van der Waals surface area contributed by atoms with E-state index in [1.807, 2.05) is 0 Å².